The molecule has 7 heteroatoms. The molecule has 0 saturated carbocycles. The number of piperidine rings is 1. The Morgan fingerprint density at radius 1 is 1.47 bits per heavy atom. The van der Waals surface area contributed by atoms with Gasteiger partial charge in [0.25, 0.3) is 10.0 Å². The van der Waals surface area contributed by atoms with E-state index >= 15 is 0 Å². The number of alkyl halides is 1. The third-order valence-corrected chi connectivity index (χ3v) is 7.10. The van der Waals surface area contributed by atoms with Gasteiger partial charge >= 0.3 is 0 Å². The number of hydrogen-bond donors (Lipinski definition) is 0. The molecule has 2 unspecified atom stereocenters. The maximum atomic E-state index is 12.3. The van der Waals surface area contributed by atoms with Gasteiger partial charge in [-0.25, -0.2) is 8.42 Å². The summed E-state index contributed by atoms with van der Waals surface area (Å²) in [6.45, 7) is 2.95. The molecule has 2 heterocycles. The van der Waals surface area contributed by atoms with Crippen molar-refractivity contribution in [1.29, 1.82) is 0 Å². The summed E-state index contributed by atoms with van der Waals surface area (Å²) >= 11 is 13.0. The molecule has 1 fully saturated rings. The minimum Gasteiger partial charge on any atom is -0.206 e. The van der Waals surface area contributed by atoms with Crippen molar-refractivity contribution in [3.8, 4) is 0 Å². The van der Waals surface area contributed by atoms with Crippen molar-refractivity contribution in [2.75, 3.05) is 13.1 Å². The maximum Gasteiger partial charge on any atom is 0.252 e. The van der Waals surface area contributed by atoms with Crippen molar-refractivity contribution in [2.24, 2.45) is 5.92 Å². The third kappa shape index (κ3) is 2.79. The van der Waals surface area contributed by atoms with Gasteiger partial charge in [-0.3, -0.25) is 0 Å². The summed E-state index contributed by atoms with van der Waals surface area (Å²) in [7, 11) is -3.41. The first-order valence-electron chi connectivity index (χ1n) is 5.31. The van der Waals surface area contributed by atoms with Gasteiger partial charge in [-0.1, -0.05) is 18.5 Å². The van der Waals surface area contributed by atoms with E-state index in [1.54, 1.807) is 12.1 Å². The summed E-state index contributed by atoms with van der Waals surface area (Å²) in [6, 6.07) is 3.15. The molecule has 1 aromatic rings. The second-order valence-electron chi connectivity index (χ2n) is 4.20. The molecular weight excluding hydrogens is 301 g/mol. The second kappa shape index (κ2) is 5.05. The average molecular weight is 314 g/mol. The van der Waals surface area contributed by atoms with E-state index in [1.165, 1.54) is 4.31 Å². The first-order valence-corrected chi connectivity index (χ1v) is 8.38. The van der Waals surface area contributed by atoms with Gasteiger partial charge in [0.1, 0.15) is 4.21 Å². The molecule has 0 N–H and O–H groups in total. The van der Waals surface area contributed by atoms with E-state index in [1.807, 2.05) is 6.92 Å². The normalized spacial score (nSPS) is 27.2. The predicted octanol–water partition coefficient (Wildman–Crippen LogP) is 3.04. The van der Waals surface area contributed by atoms with Crippen LogP contribution in [-0.2, 0) is 10.0 Å². The van der Waals surface area contributed by atoms with E-state index in [2.05, 4.69) is 0 Å². The number of rotatable bonds is 2. The monoisotopic (exact) mass is 313 g/mol. The topological polar surface area (TPSA) is 37.4 Å². The zero-order valence-electron chi connectivity index (χ0n) is 9.27. The standard InChI is InChI=1S/C10H13Cl2NO2S2/c1-7-4-5-13(6-8(7)11)17(14,15)10-3-2-9(12)16-10/h2-3,7-8H,4-6H2,1H3. The lowest BCUT2D eigenvalue weighted by Gasteiger charge is -2.32. The molecule has 0 aliphatic carbocycles. The molecule has 17 heavy (non-hydrogen) atoms. The molecule has 1 saturated heterocycles. The van der Waals surface area contributed by atoms with Gasteiger partial charge in [0.05, 0.1) is 4.34 Å². The van der Waals surface area contributed by atoms with Gasteiger partial charge in [-0.2, -0.15) is 4.31 Å². The second-order valence-corrected chi connectivity index (χ2v) is 8.64. The Hall–Kier alpha value is 0.190. The molecule has 1 aliphatic heterocycles. The predicted molar refractivity (Wildman–Crippen MR) is 71.5 cm³/mol. The van der Waals surface area contributed by atoms with Crippen LogP contribution < -0.4 is 0 Å². The Balaban J connectivity index is 2.22. The van der Waals surface area contributed by atoms with Gasteiger partial charge in [-0.05, 0) is 24.5 Å². The molecule has 0 aromatic carbocycles. The highest BCUT2D eigenvalue weighted by Crippen LogP contribution is 2.31. The van der Waals surface area contributed by atoms with Gasteiger partial charge in [0.2, 0.25) is 0 Å². The fraction of sp³-hybridized carbons (Fsp3) is 0.600. The Bertz CT molecular complexity index is 500. The summed E-state index contributed by atoms with van der Waals surface area (Å²) in [5.41, 5.74) is 0. The molecule has 0 radical (unpaired) electrons. The summed E-state index contributed by atoms with van der Waals surface area (Å²) in [4.78, 5) is 0. The van der Waals surface area contributed by atoms with Crippen LogP contribution >= 0.6 is 34.5 Å². The zero-order chi connectivity index (χ0) is 12.6. The lowest BCUT2D eigenvalue weighted by Crippen LogP contribution is -2.43. The highest BCUT2D eigenvalue weighted by atomic mass is 35.5. The van der Waals surface area contributed by atoms with Crippen LogP contribution in [0.15, 0.2) is 16.3 Å². The Morgan fingerprint density at radius 3 is 2.71 bits per heavy atom. The van der Waals surface area contributed by atoms with Crippen LogP contribution in [0.3, 0.4) is 0 Å². The number of hydrogen-bond acceptors (Lipinski definition) is 3. The Kier molecular flexibility index (Phi) is 4.05. The molecule has 1 aliphatic rings. The minimum absolute atomic E-state index is 0.117. The van der Waals surface area contributed by atoms with Gasteiger partial charge in [0.15, 0.2) is 0 Å². The van der Waals surface area contributed by atoms with Crippen molar-refractivity contribution in [3.63, 3.8) is 0 Å². The van der Waals surface area contributed by atoms with Crippen molar-refractivity contribution in [2.45, 2.75) is 22.9 Å². The third-order valence-electron chi connectivity index (χ3n) is 2.97. The number of sulfonamides is 1. The van der Waals surface area contributed by atoms with E-state index in [0.717, 1.165) is 17.8 Å². The van der Waals surface area contributed by atoms with Gasteiger partial charge in [-0.15, -0.1) is 22.9 Å². The molecule has 0 spiro atoms. The zero-order valence-corrected chi connectivity index (χ0v) is 12.4. The number of thiophene rings is 1. The molecule has 2 atom stereocenters. The fourth-order valence-electron chi connectivity index (χ4n) is 1.78. The van der Waals surface area contributed by atoms with E-state index in [4.69, 9.17) is 23.2 Å². The van der Waals surface area contributed by atoms with E-state index in [9.17, 15) is 8.42 Å². The van der Waals surface area contributed by atoms with Crippen LogP contribution in [0.1, 0.15) is 13.3 Å². The first-order chi connectivity index (χ1) is 7.91. The van der Waals surface area contributed by atoms with Crippen molar-refractivity contribution in [1.82, 2.24) is 4.31 Å². The van der Waals surface area contributed by atoms with E-state index < -0.39 is 10.0 Å². The number of halogens is 2. The molecule has 3 nitrogen and oxygen atoms in total. The lowest BCUT2D eigenvalue weighted by molar-refractivity contribution is 0.293. The highest BCUT2D eigenvalue weighted by Gasteiger charge is 2.33. The molecular formula is C10H13Cl2NO2S2. The average Bonchev–Trinajstić information content (AvgIpc) is 2.69. The van der Waals surface area contributed by atoms with Crippen LogP contribution in [0, 0.1) is 5.92 Å². The van der Waals surface area contributed by atoms with Crippen LogP contribution in [0.25, 0.3) is 0 Å². The largest absolute Gasteiger partial charge is 0.252 e. The summed E-state index contributed by atoms with van der Waals surface area (Å²) in [5, 5.41) is -0.117. The van der Waals surface area contributed by atoms with Gasteiger partial charge < -0.3 is 0 Å². The van der Waals surface area contributed by atoms with Crippen LogP contribution in [0.2, 0.25) is 4.34 Å². The summed E-state index contributed by atoms with van der Waals surface area (Å²) in [6.07, 6.45) is 0.798. The Labute approximate surface area is 115 Å². The van der Waals surface area contributed by atoms with Crippen molar-refractivity contribution >= 4 is 44.6 Å². The quantitative estimate of drug-likeness (QED) is 0.787. The highest BCUT2D eigenvalue weighted by molar-refractivity contribution is 7.91. The molecule has 1 aromatic heterocycles. The summed E-state index contributed by atoms with van der Waals surface area (Å²) in [5.74, 6) is 0.357. The van der Waals surface area contributed by atoms with Crippen molar-refractivity contribution < 1.29 is 8.42 Å². The Morgan fingerprint density at radius 2 is 2.18 bits per heavy atom. The first kappa shape index (κ1) is 13.6. The smallest absolute Gasteiger partial charge is 0.206 e. The minimum atomic E-state index is -3.41. The van der Waals surface area contributed by atoms with Crippen molar-refractivity contribution in [3.05, 3.63) is 16.5 Å². The molecule has 0 amide bonds. The van der Waals surface area contributed by atoms with Crippen LogP contribution in [-0.4, -0.2) is 31.2 Å². The SMILES string of the molecule is CC1CCN(S(=O)(=O)c2ccc(Cl)s2)CC1Cl. The number of nitrogens with zero attached hydrogens (tertiary/aromatic N) is 1. The lowest BCUT2D eigenvalue weighted by atomic mass is 10.0. The van der Waals surface area contributed by atoms with Gasteiger partial charge in [0, 0.05) is 18.5 Å². The molecule has 2 rings (SSSR count). The van der Waals surface area contributed by atoms with Crippen LogP contribution in [0.5, 0.6) is 0 Å². The van der Waals surface area contributed by atoms with Crippen LogP contribution in [0.4, 0.5) is 0 Å². The molecule has 96 valence electrons. The summed E-state index contributed by atoms with van der Waals surface area (Å²) < 4.78 is 26.8. The van der Waals surface area contributed by atoms with E-state index in [0.29, 0.717) is 27.6 Å². The van der Waals surface area contributed by atoms with E-state index in [-0.39, 0.29) is 5.38 Å². The fourth-order valence-corrected chi connectivity index (χ4v) is 5.27. The maximum absolute atomic E-state index is 12.3. The molecule has 0 bridgehead atoms.